The van der Waals surface area contributed by atoms with Gasteiger partial charge in [0, 0.05) is 22.9 Å². The smallest absolute Gasteiger partial charge is 0.336 e. The number of benzene rings is 3. The minimum Gasteiger partial charge on any atom is -0.478 e. The van der Waals surface area contributed by atoms with E-state index in [2.05, 4.69) is 5.32 Å². The Labute approximate surface area is 162 Å². The number of carboxylic acids is 1. The molecule has 0 saturated heterocycles. The minimum atomic E-state index is -1.20. The highest BCUT2D eigenvalue weighted by atomic mass is 16.4. The summed E-state index contributed by atoms with van der Waals surface area (Å²) in [5.74, 6) is -2.14. The number of hydrogen-bond acceptors (Lipinski definition) is 4. The summed E-state index contributed by atoms with van der Waals surface area (Å²) in [5, 5.41) is 12.3. The molecular formula is C23H17NO4. The van der Waals surface area contributed by atoms with E-state index in [0.717, 1.165) is 6.08 Å². The van der Waals surface area contributed by atoms with Gasteiger partial charge in [-0.3, -0.25) is 9.59 Å². The van der Waals surface area contributed by atoms with E-state index < -0.39 is 11.8 Å². The highest BCUT2D eigenvalue weighted by molar-refractivity contribution is 6.18. The first-order chi connectivity index (χ1) is 13.6. The Kier molecular flexibility index (Phi) is 5.77. The van der Waals surface area contributed by atoms with Crippen molar-refractivity contribution in [2.24, 2.45) is 0 Å². The van der Waals surface area contributed by atoms with Crippen molar-refractivity contribution in [3.8, 4) is 0 Å². The lowest BCUT2D eigenvalue weighted by atomic mass is 10.0. The molecule has 5 nitrogen and oxygen atoms in total. The number of aromatic carboxylic acids is 1. The SMILES string of the molecule is O=C(/C(=C/C(=O)c1ccccc1C(=O)O)Nc1ccccc1)c1ccccc1. The molecule has 0 aliphatic carbocycles. The van der Waals surface area contributed by atoms with Crippen LogP contribution in [0, 0.1) is 0 Å². The van der Waals surface area contributed by atoms with E-state index in [1.165, 1.54) is 12.1 Å². The van der Waals surface area contributed by atoms with Crippen LogP contribution in [0.1, 0.15) is 31.1 Å². The predicted molar refractivity (Wildman–Crippen MR) is 107 cm³/mol. The zero-order valence-electron chi connectivity index (χ0n) is 14.8. The molecule has 0 spiro atoms. The maximum atomic E-state index is 12.9. The van der Waals surface area contributed by atoms with Crippen molar-refractivity contribution in [1.82, 2.24) is 0 Å². The highest BCUT2D eigenvalue weighted by Crippen LogP contribution is 2.17. The van der Waals surface area contributed by atoms with Crippen LogP contribution in [0.2, 0.25) is 0 Å². The van der Waals surface area contributed by atoms with Crippen LogP contribution in [-0.4, -0.2) is 22.6 Å². The normalized spacial score (nSPS) is 10.9. The number of carbonyl (C=O) groups excluding carboxylic acids is 2. The van der Waals surface area contributed by atoms with E-state index in [4.69, 9.17) is 0 Å². The molecule has 0 aliphatic heterocycles. The van der Waals surface area contributed by atoms with E-state index in [9.17, 15) is 19.5 Å². The number of rotatable bonds is 7. The molecule has 0 heterocycles. The van der Waals surface area contributed by atoms with Crippen molar-refractivity contribution in [3.05, 3.63) is 113 Å². The molecule has 2 N–H and O–H groups in total. The maximum absolute atomic E-state index is 12.9. The van der Waals surface area contributed by atoms with Crippen molar-refractivity contribution < 1.29 is 19.5 Å². The van der Waals surface area contributed by atoms with Crippen LogP contribution in [0.25, 0.3) is 0 Å². The fourth-order valence-corrected chi connectivity index (χ4v) is 2.67. The Hall–Kier alpha value is -3.99. The van der Waals surface area contributed by atoms with Crippen LogP contribution in [0.15, 0.2) is 96.7 Å². The van der Waals surface area contributed by atoms with Crippen LogP contribution in [0.5, 0.6) is 0 Å². The summed E-state index contributed by atoms with van der Waals surface area (Å²) >= 11 is 0. The fourth-order valence-electron chi connectivity index (χ4n) is 2.67. The van der Waals surface area contributed by atoms with Gasteiger partial charge in [-0.25, -0.2) is 4.79 Å². The van der Waals surface area contributed by atoms with Gasteiger partial charge in [0.05, 0.1) is 11.3 Å². The molecule has 0 radical (unpaired) electrons. The summed E-state index contributed by atoms with van der Waals surface area (Å²) in [6.07, 6.45) is 1.14. The van der Waals surface area contributed by atoms with Gasteiger partial charge in [-0.1, -0.05) is 66.7 Å². The molecule has 0 amide bonds. The number of carboxylic acid groups (broad SMARTS) is 1. The van der Waals surface area contributed by atoms with Crippen LogP contribution < -0.4 is 5.32 Å². The van der Waals surface area contributed by atoms with Gasteiger partial charge in [-0.05, 0) is 18.2 Å². The van der Waals surface area contributed by atoms with Gasteiger partial charge in [0.2, 0.25) is 5.78 Å². The first-order valence-corrected chi connectivity index (χ1v) is 8.56. The molecular weight excluding hydrogens is 354 g/mol. The van der Waals surface area contributed by atoms with Crippen molar-refractivity contribution >= 4 is 23.2 Å². The van der Waals surface area contributed by atoms with Gasteiger partial charge < -0.3 is 10.4 Å². The molecule has 0 saturated carbocycles. The molecule has 0 aliphatic rings. The van der Waals surface area contributed by atoms with Crippen molar-refractivity contribution in [1.29, 1.82) is 0 Å². The Morgan fingerprint density at radius 2 is 1.25 bits per heavy atom. The lowest BCUT2D eigenvalue weighted by molar-refractivity contribution is 0.0693. The Balaban J connectivity index is 2.02. The quantitative estimate of drug-likeness (QED) is 0.474. The molecule has 0 aromatic heterocycles. The summed E-state index contributed by atoms with van der Waals surface area (Å²) in [6, 6.07) is 23.4. The molecule has 0 unspecified atom stereocenters. The zero-order chi connectivity index (χ0) is 19.9. The number of anilines is 1. The summed E-state index contributed by atoms with van der Waals surface area (Å²) in [5.41, 5.74) is 1.01. The second kappa shape index (κ2) is 8.60. The van der Waals surface area contributed by atoms with Gasteiger partial charge >= 0.3 is 5.97 Å². The van der Waals surface area contributed by atoms with Gasteiger partial charge in [0.1, 0.15) is 0 Å². The number of ketones is 2. The number of hydrogen-bond donors (Lipinski definition) is 2. The number of carbonyl (C=O) groups is 3. The van der Waals surface area contributed by atoms with Gasteiger partial charge in [0.25, 0.3) is 0 Å². The molecule has 0 bridgehead atoms. The third-order valence-corrected chi connectivity index (χ3v) is 4.03. The van der Waals surface area contributed by atoms with Crippen LogP contribution in [0.4, 0.5) is 5.69 Å². The third-order valence-electron chi connectivity index (χ3n) is 4.03. The fraction of sp³-hybridized carbons (Fsp3) is 0. The van der Waals surface area contributed by atoms with Crippen molar-refractivity contribution in [2.75, 3.05) is 5.32 Å². The van der Waals surface area contributed by atoms with Crippen LogP contribution >= 0.6 is 0 Å². The molecule has 0 fully saturated rings. The summed E-state index contributed by atoms with van der Waals surface area (Å²) < 4.78 is 0. The number of Topliss-reactive ketones (excluding diaryl/α,β-unsaturated/α-hetero) is 1. The third kappa shape index (κ3) is 4.40. The predicted octanol–water partition coefficient (Wildman–Crippen LogP) is 4.45. The largest absolute Gasteiger partial charge is 0.478 e. The second-order valence-electron chi connectivity index (χ2n) is 5.96. The van der Waals surface area contributed by atoms with E-state index in [-0.39, 0.29) is 22.6 Å². The van der Waals surface area contributed by atoms with Crippen LogP contribution in [-0.2, 0) is 0 Å². The average Bonchev–Trinajstić information content (AvgIpc) is 2.74. The Bertz CT molecular complexity index is 1040. The molecule has 0 atom stereocenters. The van der Waals surface area contributed by atoms with E-state index in [1.54, 1.807) is 66.7 Å². The minimum absolute atomic E-state index is 0.0169. The maximum Gasteiger partial charge on any atom is 0.336 e. The summed E-state index contributed by atoms with van der Waals surface area (Å²) in [4.78, 5) is 37.1. The molecule has 5 heteroatoms. The average molecular weight is 371 g/mol. The molecule has 3 aromatic carbocycles. The molecule has 3 aromatic rings. The van der Waals surface area contributed by atoms with E-state index in [0.29, 0.717) is 11.3 Å². The van der Waals surface area contributed by atoms with Gasteiger partial charge in [0.15, 0.2) is 5.78 Å². The van der Waals surface area contributed by atoms with E-state index >= 15 is 0 Å². The molecule has 138 valence electrons. The lowest BCUT2D eigenvalue weighted by Gasteiger charge is -2.11. The first kappa shape index (κ1) is 18.8. The topological polar surface area (TPSA) is 83.5 Å². The van der Waals surface area contributed by atoms with E-state index in [1.807, 2.05) is 6.07 Å². The molecule has 3 rings (SSSR count). The van der Waals surface area contributed by atoms with Crippen LogP contribution in [0.3, 0.4) is 0 Å². The Morgan fingerprint density at radius 3 is 1.86 bits per heavy atom. The number of allylic oxidation sites excluding steroid dienone is 2. The lowest BCUT2D eigenvalue weighted by Crippen LogP contribution is -2.15. The zero-order valence-corrected chi connectivity index (χ0v) is 14.8. The monoisotopic (exact) mass is 371 g/mol. The number of para-hydroxylation sites is 1. The standard InChI is InChI=1S/C23H17NO4/c25-21(18-13-7-8-14-19(18)23(27)28)15-20(24-17-11-5-2-6-12-17)22(26)16-9-3-1-4-10-16/h1-15,24H,(H,27,28)/b20-15-. The van der Waals surface area contributed by atoms with Crippen molar-refractivity contribution in [3.63, 3.8) is 0 Å². The summed E-state index contributed by atoms with van der Waals surface area (Å²) in [7, 11) is 0. The van der Waals surface area contributed by atoms with Gasteiger partial charge in [-0.15, -0.1) is 0 Å². The number of nitrogens with one attached hydrogen (secondary N) is 1. The summed E-state index contributed by atoms with van der Waals surface area (Å²) in [6.45, 7) is 0. The Morgan fingerprint density at radius 1 is 0.714 bits per heavy atom. The first-order valence-electron chi connectivity index (χ1n) is 8.56. The highest BCUT2D eigenvalue weighted by Gasteiger charge is 2.18. The molecule has 28 heavy (non-hydrogen) atoms. The van der Waals surface area contributed by atoms with Gasteiger partial charge in [-0.2, -0.15) is 0 Å². The second-order valence-corrected chi connectivity index (χ2v) is 5.96. The van der Waals surface area contributed by atoms with Crippen molar-refractivity contribution in [2.45, 2.75) is 0 Å².